The van der Waals surface area contributed by atoms with Crippen LogP contribution in [0.1, 0.15) is 60.3 Å². The van der Waals surface area contributed by atoms with E-state index < -0.39 is 22.2 Å². The minimum absolute atomic E-state index is 0.126. The summed E-state index contributed by atoms with van der Waals surface area (Å²) in [6.45, 7) is 11.8. The van der Waals surface area contributed by atoms with E-state index in [0.29, 0.717) is 37.4 Å². The number of carbonyl (C=O) groups excluding carboxylic acids is 1. The van der Waals surface area contributed by atoms with Gasteiger partial charge < -0.3 is 14.6 Å². The average Bonchev–Trinajstić information content (AvgIpc) is 3.18. The van der Waals surface area contributed by atoms with E-state index in [1.165, 1.54) is 0 Å². The van der Waals surface area contributed by atoms with E-state index in [1.54, 1.807) is 0 Å². The van der Waals surface area contributed by atoms with Crippen LogP contribution in [-0.2, 0) is 14.3 Å². The predicted octanol–water partition coefficient (Wildman–Crippen LogP) is 4.58. The van der Waals surface area contributed by atoms with Gasteiger partial charge >= 0.3 is 5.97 Å². The van der Waals surface area contributed by atoms with Crippen LogP contribution in [-0.4, -0.2) is 30.6 Å². The Kier molecular flexibility index (Phi) is 4.61. The molecule has 0 aromatic rings. The zero-order valence-electron chi connectivity index (χ0n) is 18.0. The van der Waals surface area contributed by atoms with Crippen LogP contribution in [0.25, 0.3) is 0 Å². The molecule has 0 heterocycles. The largest absolute Gasteiger partial charge is 0.481 e. The number of carboxylic acids is 1. The Hall–Kier alpha value is -1.16. The molecular formula is C24H36O4. The van der Waals surface area contributed by atoms with Crippen LogP contribution in [0.5, 0.6) is 0 Å². The van der Waals surface area contributed by atoms with Gasteiger partial charge in [-0.05, 0) is 54.8 Å². The summed E-state index contributed by atoms with van der Waals surface area (Å²) < 4.78 is 6.20. The molecule has 0 aromatic carbocycles. The molecule has 4 heteroatoms. The molecule has 4 aliphatic rings. The Balaban J connectivity index is 1.90. The Morgan fingerprint density at radius 1 is 1.29 bits per heavy atom. The minimum atomic E-state index is -1.09. The third-order valence-corrected chi connectivity index (χ3v) is 8.93. The number of carboxylic acid groups (broad SMARTS) is 1. The first kappa shape index (κ1) is 20.1. The Morgan fingerprint density at radius 3 is 2.57 bits per heavy atom. The van der Waals surface area contributed by atoms with Gasteiger partial charge in [-0.2, -0.15) is 0 Å². The van der Waals surface area contributed by atoms with Crippen LogP contribution in [0.2, 0.25) is 0 Å². The van der Waals surface area contributed by atoms with Crippen LogP contribution in [0.15, 0.2) is 11.6 Å². The highest BCUT2D eigenvalue weighted by atomic mass is 16.5. The van der Waals surface area contributed by atoms with E-state index in [2.05, 4.69) is 40.7 Å². The molecule has 1 N–H and O–H groups in total. The molecule has 156 valence electrons. The third kappa shape index (κ3) is 2.11. The molecule has 4 bridgehead atoms. The lowest BCUT2D eigenvalue weighted by molar-refractivity contribution is -0.186. The molecule has 0 spiro atoms. The second-order valence-electron chi connectivity index (χ2n) is 10.9. The molecule has 4 rings (SSSR count). The fraction of sp³-hybridized carbons (Fsp3) is 0.833. The summed E-state index contributed by atoms with van der Waals surface area (Å²) >= 11 is 0. The lowest BCUT2D eigenvalue weighted by Crippen LogP contribution is -2.63. The van der Waals surface area contributed by atoms with Gasteiger partial charge in [0.05, 0.1) is 12.0 Å². The molecule has 0 aromatic heterocycles. The number of fused-ring (bicyclic) bond motifs is 2. The maximum Gasteiger partial charge on any atom is 0.315 e. The molecule has 0 amide bonds. The zero-order chi connectivity index (χ0) is 20.5. The monoisotopic (exact) mass is 388 g/mol. The number of aliphatic carboxylic acids is 1. The van der Waals surface area contributed by atoms with Crippen LogP contribution in [0, 0.1) is 51.8 Å². The van der Waals surface area contributed by atoms with E-state index in [1.807, 2.05) is 0 Å². The van der Waals surface area contributed by atoms with Crippen molar-refractivity contribution in [2.45, 2.75) is 60.3 Å². The van der Waals surface area contributed by atoms with Crippen molar-refractivity contribution in [3.05, 3.63) is 11.6 Å². The second kappa shape index (κ2) is 6.42. The summed E-state index contributed by atoms with van der Waals surface area (Å²) in [5, 5.41) is 10.8. The number of ether oxygens (including phenoxy) is 1. The maximum absolute atomic E-state index is 13.2. The first-order valence-corrected chi connectivity index (χ1v) is 11.2. The summed E-state index contributed by atoms with van der Waals surface area (Å²) in [7, 11) is 0. The standard InChI is InChI=1S/C24H36O4/c1-14(2)11-28-13-23-10-18-16(5)6-7-19(18)22(12-25)9-17(23)8-20(15(3)4)24(22,23)21(26)27/h8,12,14-19H,6-7,9-11,13H2,1-5H3,(H,26,27)/t16?,17-,18?,19?,22-,23-,24+/m0/s1. The zero-order valence-corrected chi connectivity index (χ0v) is 18.0. The van der Waals surface area contributed by atoms with Crippen molar-refractivity contribution in [1.29, 1.82) is 0 Å². The molecular weight excluding hydrogens is 352 g/mol. The van der Waals surface area contributed by atoms with Crippen molar-refractivity contribution >= 4 is 12.3 Å². The second-order valence-corrected chi connectivity index (χ2v) is 10.9. The number of hydrogen-bond donors (Lipinski definition) is 1. The SMILES string of the molecule is CC(C)COC[C@@]12CC3C(C)CCC3[C@@]3(C=O)C[C@@H]1C=C(C(C)C)[C@]23C(=O)O. The van der Waals surface area contributed by atoms with E-state index in [0.717, 1.165) is 31.1 Å². The predicted molar refractivity (Wildman–Crippen MR) is 108 cm³/mol. The van der Waals surface area contributed by atoms with Gasteiger partial charge in [0.25, 0.3) is 0 Å². The van der Waals surface area contributed by atoms with Gasteiger partial charge in [-0.3, -0.25) is 4.79 Å². The third-order valence-electron chi connectivity index (χ3n) is 8.93. The number of carbonyl (C=O) groups is 2. The molecule has 4 aliphatic carbocycles. The smallest absolute Gasteiger partial charge is 0.315 e. The van der Waals surface area contributed by atoms with Crippen molar-refractivity contribution in [3.63, 3.8) is 0 Å². The van der Waals surface area contributed by atoms with E-state index >= 15 is 0 Å². The molecule has 3 unspecified atom stereocenters. The summed E-state index contributed by atoms with van der Waals surface area (Å²) in [4.78, 5) is 26.0. The van der Waals surface area contributed by atoms with Crippen LogP contribution in [0.3, 0.4) is 0 Å². The Morgan fingerprint density at radius 2 is 2.00 bits per heavy atom. The van der Waals surface area contributed by atoms with Crippen molar-refractivity contribution in [2.24, 2.45) is 51.8 Å². The first-order chi connectivity index (χ1) is 13.2. The van der Waals surface area contributed by atoms with Crippen molar-refractivity contribution in [3.8, 4) is 0 Å². The molecule has 3 saturated carbocycles. The normalized spacial score (nSPS) is 46.2. The summed E-state index contributed by atoms with van der Waals surface area (Å²) in [5.41, 5.74) is -1.35. The van der Waals surface area contributed by atoms with Gasteiger partial charge in [0.2, 0.25) is 0 Å². The molecule has 0 aliphatic heterocycles. The highest BCUT2D eigenvalue weighted by Crippen LogP contribution is 2.82. The Bertz CT molecular complexity index is 709. The van der Waals surface area contributed by atoms with Gasteiger partial charge in [-0.1, -0.05) is 52.7 Å². The van der Waals surface area contributed by atoms with E-state index in [-0.39, 0.29) is 17.8 Å². The molecule has 3 fully saturated rings. The number of rotatable bonds is 7. The van der Waals surface area contributed by atoms with Crippen LogP contribution >= 0.6 is 0 Å². The van der Waals surface area contributed by atoms with Gasteiger partial charge in [-0.25, -0.2) is 0 Å². The highest BCUT2D eigenvalue weighted by molar-refractivity contribution is 5.90. The first-order valence-electron chi connectivity index (χ1n) is 11.2. The maximum atomic E-state index is 13.2. The quantitative estimate of drug-likeness (QED) is 0.512. The Labute approximate surface area is 169 Å². The van der Waals surface area contributed by atoms with Gasteiger partial charge in [0.15, 0.2) is 0 Å². The minimum Gasteiger partial charge on any atom is -0.481 e. The fourth-order valence-corrected chi connectivity index (χ4v) is 8.11. The van der Waals surface area contributed by atoms with Gasteiger partial charge in [-0.15, -0.1) is 0 Å². The summed E-state index contributed by atoms with van der Waals surface area (Å²) in [6, 6.07) is 0. The average molecular weight is 389 g/mol. The lowest BCUT2D eigenvalue weighted by Gasteiger charge is -2.58. The number of allylic oxidation sites excluding steroid dienone is 1. The van der Waals surface area contributed by atoms with Gasteiger partial charge in [0.1, 0.15) is 11.7 Å². The van der Waals surface area contributed by atoms with Crippen LogP contribution < -0.4 is 0 Å². The molecule has 4 nitrogen and oxygen atoms in total. The number of hydrogen-bond acceptors (Lipinski definition) is 3. The van der Waals surface area contributed by atoms with Crippen molar-refractivity contribution < 1.29 is 19.4 Å². The topological polar surface area (TPSA) is 63.6 Å². The van der Waals surface area contributed by atoms with Crippen molar-refractivity contribution in [2.75, 3.05) is 13.2 Å². The summed E-state index contributed by atoms with van der Waals surface area (Å²) in [5.74, 6) is 1.07. The number of aldehydes is 1. The fourth-order valence-electron chi connectivity index (χ4n) is 8.11. The molecule has 28 heavy (non-hydrogen) atoms. The van der Waals surface area contributed by atoms with Crippen molar-refractivity contribution in [1.82, 2.24) is 0 Å². The van der Waals surface area contributed by atoms with Gasteiger partial charge in [0, 0.05) is 12.0 Å². The van der Waals surface area contributed by atoms with E-state index in [4.69, 9.17) is 4.74 Å². The molecule has 0 radical (unpaired) electrons. The summed E-state index contributed by atoms with van der Waals surface area (Å²) in [6.07, 6.45) is 7.00. The highest BCUT2D eigenvalue weighted by Gasteiger charge is 2.84. The van der Waals surface area contributed by atoms with E-state index in [9.17, 15) is 14.7 Å². The lowest BCUT2D eigenvalue weighted by atomic mass is 9.43. The van der Waals surface area contributed by atoms with Crippen LogP contribution in [0.4, 0.5) is 0 Å². The molecule has 0 saturated heterocycles. The molecule has 7 atom stereocenters.